The topological polar surface area (TPSA) is 9.23 Å². The summed E-state index contributed by atoms with van der Waals surface area (Å²) in [5, 5.41) is 0.678. The van der Waals surface area contributed by atoms with Crippen LogP contribution in [0, 0.1) is 6.92 Å². The molecular weight excluding hydrogens is 300 g/mol. The van der Waals surface area contributed by atoms with Gasteiger partial charge >= 0.3 is 0 Å². The SMILES string of the molecule is COc1cc(Cl)ccc1-c1cc(C)cc(Br)c1. The molecule has 2 aromatic carbocycles. The minimum atomic E-state index is 0.678. The van der Waals surface area contributed by atoms with Gasteiger partial charge in [-0.1, -0.05) is 33.6 Å². The van der Waals surface area contributed by atoms with Gasteiger partial charge in [-0.25, -0.2) is 0 Å². The maximum atomic E-state index is 5.96. The Kier molecular flexibility index (Phi) is 3.75. The Hall–Kier alpha value is -0.990. The van der Waals surface area contributed by atoms with Crippen molar-refractivity contribution in [3.8, 4) is 16.9 Å². The smallest absolute Gasteiger partial charge is 0.128 e. The van der Waals surface area contributed by atoms with Gasteiger partial charge in [0.2, 0.25) is 0 Å². The van der Waals surface area contributed by atoms with Crippen LogP contribution in [0.1, 0.15) is 5.56 Å². The predicted molar refractivity (Wildman–Crippen MR) is 75.9 cm³/mol. The fraction of sp³-hybridized carbons (Fsp3) is 0.143. The molecule has 3 heteroatoms. The molecule has 1 nitrogen and oxygen atoms in total. The van der Waals surface area contributed by atoms with E-state index in [1.807, 2.05) is 18.2 Å². The Bertz CT molecular complexity index is 532. The van der Waals surface area contributed by atoms with Crippen LogP contribution in [0.15, 0.2) is 40.9 Å². The summed E-state index contributed by atoms with van der Waals surface area (Å²) >= 11 is 9.46. The zero-order chi connectivity index (χ0) is 12.4. The van der Waals surface area contributed by atoms with E-state index in [1.165, 1.54) is 5.56 Å². The third-order valence-electron chi connectivity index (χ3n) is 2.52. The van der Waals surface area contributed by atoms with E-state index >= 15 is 0 Å². The lowest BCUT2D eigenvalue weighted by Crippen LogP contribution is -1.88. The van der Waals surface area contributed by atoms with Gasteiger partial charge in [-0.3, -0.25) is 0 Å². The van der Waals surface area contributed by atoms with Gasteiger partial charge in [0.05, 0.1) is 7.11 Å². The van der Waals surface area contributed by atoms with Crippen LogP contribution in [-0.4, -0.2) is 7.11 Å². The minimum absolute atomic E-state index is 0.678. The van der Waals surface area contributed by atoms with Gasteiger partial charge < -0.3 is 4.74 Å². The highest BCUT2D eigenvalue weighted by Gasteiger charge is 2.07. The summed E-state index contributed by atoms with van der Waals surface area (Å²) in [6.07, 6.45) is 0. The predicted octanol–water partition coefficient (Wildman–Crippen LogP) is 5.09. The number of benzene rings is 2. The third-order valence-corrected chi connectivity index (χ3v) is 3.21. The van der Waals surface area contributed by atoms with E-state index in [0.717, 1.165) is 21.3 Å². The summed E-state index contributed by atoms with van der Waals surface area (Å²) in [6, 6.07) is 11.9. The number of hydrogen-bond donors (Lipinski definition) is 0. The molecule has 2 aromatic rings. The van der Waals surface area contributed by atoms with Crippen molar-refractivity contribution in [1.82, 2.24) is 0 Å². The van der Waals surface area contributed by atoms with E-state index in [9.17, 15) is 0 Å². The van der Waals surface area contributed by atoms with Crippen LogP contribution in [0.3, 0.4) is 0 Å². The maximum absolute atomic E-state index is 5.96. The van der Waals surface area contributed by atoms with Crippen LogP contribution >= 0.6 is 27.5 Å². The summed E-state index contributed by atoms with van der Waals surface area (Å²) in [5.41, 5.74) is 3.36. The lowest BCUT2D eigenvalue weighted by Gasteiger charge is -2.10. The van der Waals surface area contributed by atoms with Crippen molar-refractivity contribution < 1.29 is 4.74 Å². The molecule has 0 atom stereocenters. The van der Waals surface area contributed by atoms with Crippen molar-refractivity contribution in [1.29, 1.82) is 0 Å². The van der Waals surface area contributed by atoms with Crippen LogP contribution in [0.25, 0.3) is 11.1 Å². The molecule has 0 spiro atoms. The van der Waals surface area contributed by atoms with Gasteiger partial charge in [-0.15, -0.1) is 0 Å². The standard InChI is InChI=1S/C14H12BrClO/c1-9-5-10(7-11(15)6-9)13-4-3-12(16)8-14(13)17-2/h3-8H,1-2H3. The molecular formula is C14H12BrClO. The first-order valence-corrected chi connectivity index (χ1v) is 6.38. The molecule has 0 heterocycles. The van der Waals surface area contributed by atoms with Crippen molar-refractivity contribution in [2.24, 2.45) is 0 Å². The second kappa shape index (κ2) is 5.11. The van der Waals surface area contributed by atoms with Crippen molar-refractivity contribution in [3.63, 3.8) is 0 Å². The van der Waals surface area contributed by atoms with Crippen LogP contribution in [0.4, 0.5) is 0 Å². The molecule has 0 aliphatic rings. The van der Waals surface area contributed by atoms with E-state index in [1.54, 1.807) is 7.11 Å². The van der Waals surface area contributed by atoms with Gasteiger partial charge in [0.15, 0.2) is 0 Å². The molecule has 0 saturated carbocycles. The van der Waals surface area contributed by atoms with Crippen LogP contribution in [-0.2, 0) is 0 Å². The fourth-order valence-electron chi connectivity index (χ4n) is 1.80. The molecule has 0 amide bonds. The molecule has 88 valence electrons. The lowest BCUT2D eigenvalue weighted by atomic mass is 10.0. The van der Waals surface area contributed by atoms with E-state index in [-0.39, 0.29) is 0 Å². The zero-order valence-electron chi connectivity index (χ0n) is 9.63. The van der Waals surface area contributed by atoms with Crippen molar-refractivity contribution in [2.75, 3.05) is 7.11 Å². The molecule has 0 aliphatic carbocycles. The molecule has 0 aromatic heterocycles. The molecule has 0 aliphatic heterocycles. The van der Waals surface area contributed by atoms with Crippen molar-refractivity contribution >= 4 is 27.5 Å². The maximum Gasteiger partial charge on any atom is 0.128 e. The first-order valence-electron chi connectivity index (χ1n) is 5.21. The molecule has 2 rings (SSSR count). The summed E-state index contributed by atoms with van der Waals surface area (Å²) in [6.45, 7) is 2.07. The Balaban J connectivity index is 2.59. The molecule has 17 heavy (non-hydrogen) atoms. The first kappa shape index (κ1) is 12.5. The number of rotatable bonds is 2. The average molecular weight is 312 g/mol. The van der Waals surface area contributed by atoms with Crippen LogP contribution in [0.5, 0.6) is 5.75 Å². The largest absolute Gasteiger partial charge is 0.496 e. The molecule has 0 N–H and O–H groups in total. The Morgan fingerprint density at radius 1 is 1.12 bits per heavy atom. The van der Waals surface area contributed by atoms with Gasteiger partial charge in [-0.2, -0.15) is 0 Å². The normalized spacial score (nSPS) is 10.4. The molecule has 0 bridgehead atoms. The summed E-state index contributed by atoms with van der Waals surface area (Å²) in [4.78, 5) is 0. The number of methoxy groups -OCH3 is 1. The molecule has 0 fully saturated rings. The minimum Gasteiger partial charge on any atom is -0.496 e. The molecule has 0 radical (unpaired) electrons. The summed E-state index contributed by atoms with van der Waals surface area (Å²) in [5.74, 6) is 0.787. The zero-order valence-corrected chi connectivity index (χ0v) is 12.0. The Morgan fingerprint density at radius 2 is 1.88 bits per heavy atom. The summed E-state index contributed by atoms with van der Waals surface area (Å²) in [7, 11) is 1.65. The second-order valence-electron chi connectivity index (χ2n) is 3.86. The van der Waals surface area contributed by atoms with Crippen LogP contribution < -0.4 is 4.74 Å². The highest BCUT2D eigenvalue weighted by atomic mass is 79.9. The van der Waals surface area contributed by atoms with Gasteiger partial charge in [0.25, 0.3) is 0 Å². The van der Waals surface area contributed by atoms with Crippen molar-refractivity contribution in [3.05, 3.63) is 51.5 Å². The number of aryl methyl sites for hydroxylation is 1. The number of halogens is 2. The van der Waals surface area contributed by atoms with Crippen molar-refractivity contribution in [2.45, 2.75) is 6.92 Å². The lowest BCUT2D eigenvalue weighted by molar-refractivity contribution is 0.416. The second-order valence-corrected chi connectivity index (χ2v) is 5.21. The molecule has 0 saturated heterocycles. The van der Waals surface area contributed by atoms with Gasteiger partial charge in [0.1, 0.15) is 5.75 Å². The quantitative estimate of drug-likeness (QED) is 0.751. The van der Waals surface area contributed by atoms with E-state index in [4.69, 9.17) is 16.3 Å². The highest BCUT2D eigenvalue weighted by molar-refractivity contribution is 9.10. The Morgan fingerprint density at radius 3 is 2.53 bits per heavy atom. The highest BCUT2D eigenvalue weighted by Crippen LogP contribution is 2.34. The summed E-state index contributed by atoms with van der Waals surface area (Å²) < 4.78 is 6.42. The monoisotopic (exact) mass is 310 g/mol. The fourth-order valence-corrected chi connectivity index (χ4v) is 2.57. The van der Waals surface area contributed by atoms with Crippen LogP contribution in [0.2, 0.25) is 5.02 Å². The van der Waals surface area contributed by atoms with Gasteiger partial charge in [-0.05, 0) is 48.4 Å². The van der Waals surface area contributed by atoms with Gasteiger partial charge in [0, 0.05) is 15.1 Å². The number of ether oxygens (including phenoxy) is 1. The van der Waals surface area contributed by atoms with E-state index in [0.29, 0.717) is 5.02 Å². The molecule has 0 unspecified atom stereocenters. The third kappa shape index (κ3) is 2.82. The Labute approximate surface area is 115 Å². The van der Waals surface area contributed by atoms with E-state index < -0.39 is 0 Å². The number of hydrogen-bond acceptors (Lipinski definition) is 1. The first-order chi connectivity index (χ1) is 8.10. The average Bonchev–Trinajstić information content (AvgIpc) is 2.27. The van der Waals surface area contributed by atoms with E-state index in [2.05, 4.69) is 41.1 Å².